The lowest BCUT2D eigenvalue weighted by molar-refractivity contribution is -0.115. The number of furan rings is 1. The number of benzene rings is 1. The van der Waals surface area contributed by atoms with E-state index in [0.29, 0.717) is 11.4 Å². The molecular formula is C16H14ClNO2. The number of allylic oxidation sites excluding steroid dienone is 2. The highest BCUT2D eigenvalue weighted by atomic mass is 35.5. The molecule has 102 valence electrons. The molecule has 1 aromatic carbocycles. The monoisotopic (exact) mass is 287 g/mol. The molecule has 1 heterocycles. The summed E-state index contributed by atoms with van der Waals surface area (Å²) in [6.07, 6.45) is 4.58. The van der Waals surface area contributed by atoms with Crippen molar-refractivity contribution in [1.82, 2.24) is 0 Å². The van der Waals surface area contributed by atoms with Crippen LogP contribution in [0.2, 0.25) is 5.02 Å². The van der Waals surface area contributed by atoms with Crippen molar-refractivity contribution in [2.45, 2.75) is 18.8 Å². The Balaban J connectivity index is 1.76. The van der Waals surface area contributed by atoms with Crippen LogP contribution in [-0.4, -0.2) is 5.78 Å². The van der Waals surface area contributed by atoms with Crippen LogP contribution in [0.3, 0.4) is 0 Å². The maximum Gasteiger partial charge on any atom is 0.158 e. The summed E-state index contributed by atoms with van der Waals surface area (Å²) in [7, 11) is 0. The van der Waals surface area contributed by atoms with E-state index in [2.05, 4.69) is 5.32 Å². The third kappa shape index (κ3) is 2.94. The van der Waals surface area contributed by atoms with E-state index in [0.717, 1.165) is 23.6 Å². The van der Waals surface area contributed by atoms with Crippen molar-refractivity contribution in [3.8, 4) is 0 Å². The van der Waals surface area contributed by atoms with Crippen LogP contribution in [0.25, 0.3) is 0 Å². The predicted molar refractivity (Wildman–Crippen MR) is 78.8 cm³/mol. The SMILES string of the molecule is O=C1C=C(Nc2ccc(Cl)cc2)C[C@H](c2ccco2)C1. The van der Waals surface area contributed by atoms with Crippen molar-refractivity contribution in [2.75, 3.05) is 5.32 Å². The zero-order valence-electron chi connectivity index (χ0n) is 10.8. The van der Waals surface area contributed by atoms with Crippen LogP contribution >= 0.6 is 11.6 Å². The Morgan fingerprint density at radius 1 is 1.15 bits per heavy atom. The van der Waals surface area contributed by atoms with Gasteiger partial charge in [-0.2, -0.15) is 0 Å². The number of hydrogen-bond donors (Lipinski definition) is 1. The number of carbonyl (C=O) groups is 1. The van der Waals surface area contributed by atoms with Crippen molar-refractivity contribution < 1.29 is 9.21 Å². The van der Waals surface area contributed by atoms with Gasteiger partial charge in [0.25, 0.3) is 0 Å². The summed E-state index contributed by atoms with van der Waals surface area (Å²) in [5.41, 5.74) is 1.83. The largest absolute Gasteiger partial charge is 0.469 e. The van der Waals surface area contributed by atoms with Crippen LogP contribution < -0.4 is 5.32 Å². The third-order valence-electron chi connectivity index (χ3n) is 3.34. The van der Waals surface area contributed by atoms with Gasteiger partial charge in [-0.1, -0.05) is 11.6 Å². The van der Waals surface area contributed by atoms with Gasteiger partial charge < -0.3 is 9.73 Å². The molecule has 1 N–H and O–H groups in total. The molecule has 0 saturated heterocycles. The fraction of sp³-hybridized carbons (Fsp3) is 0.188. The molecule has 1 aliphatic rings. The zero-order valence-corrected chi connectivity index (χ0v) is 11.6. The molecule has 0 unspecified atom stereocenters. The van der Waals surface area contributed by atoms with E-state index in [-0.39, 0.29) is 11.7 Å². The van der Waals surface area contributed by atoms with E-state index in [1.54, 1.807) is 12.3 Å². The van der Waals surface area contributed by atoms with Gasteiger partial charge in [0.2, 0.25) is 0 Å². The number of hydrogen-bond acceptors (Lipinski definition) is 3. The molecular weight excluding hydrogens is 274 g/mol. The van der Waals surface area contributed by atoms with Crippen LogP contribution in [0.15, 0.2) is 58.9 Å². The molecule has 0 spiro atoms. The second kappa shape index (κ2) is 5.55. The van der Waals surface area contributed by atoms with Gasteiger partial charge in [0.15, 0.2) is 5.78 Å². The van der Waals surface area contributed by atoms with Gasteiger partial charge >= 0.3 is 0 Å². The van der Waals surface area contributed by atoms with E-state index in [4.69, 9.17) is 16.0 Å². The molecule has 3 rings (SSSR count). The summed E-state index contributed by atoms with van der Waals surface area (Å²) in [6.45, 7) is 0. The standard InChI is InChI=1S/C16H14ClNO2/c17-12-3-5-13(6-4-12)18-14-8-11(9-15(19)10-14)16-2-1-7-20-16/h1-7,10-11,18H,8-9H2/t11-/m0/s1. The maximum atomic E-state index is 11.8. The Kier molecular flexibility index (Phi) is 3.61. The molecule has 1 atom stereocenters. The van der Waals surface area contributed by atoms with Gasteiger partial charge in [-0.25, -0.2) is 0 Å². The minimum absolute atomic E-state index is 0.109. The van der Waals surface area contributed by atoms with Crippen LogP contribution in [-0.2, 0) is 4.79 Å². The van der Waals surface area contributed by atoms with Crippen molar-refractivity contribution in [3.05, 3.63) is 65.2 Å². The van der Waals surface area contributed by atoms with Crippen LogP contribution in [0.4, 0.5) is 5.69 Å². The Bertz CT molecular complexity index is 629. The number of rotatable bonds is 3. The van der Waals surface area contributed by atoms with Crippen molar-refractivity contribution in [2.24, 2.45) is 0 Å². The molecule has 1 aromatic heterocycles. The van der Waals surface area contributed by atoms with Gasteiger partial charge in [-0.3, -0.25) is 4.79 Å². The minimum atomic E-state index is 0.109. The first-order chi connectivity index (χ1) is 9.70. The van der Waals surface area contributed by atoms with E-state index >= 15 is 0 Å². The molecule has 0 amide bonds. The van der Waals surface area contributed by atoms with Gasteiger partial charge in [0, 0.05) is 34.8 Å². The quantitative estimate of drug-likeness (QED) is 0.911. The summed E-state index contributed by atoms with van der Waals surface area (Å²) in [4.78, 5) is 11.8. The first kappa shape index (κ1) is 13.0. The van der Waals surface area contributed by atoms with Crippen LogP contribution in [0.1, 0.15) is 24.5 Å². The van der Waals surface area contributed by atoms with Crippen molar-refractivity contribution >= 4 is 23.1 Å². The Morgan fingerprint density at radius 3 is 2.65 bits per heavy atom. The lowest BCUT2D eigenvalue weighted by Gasteiger charge is -2.21. The molecule has 0 saturated carbocycles. The molecule has 2 aromatic rings. The second-order valence-corrected chi connectivity index (χ2v) is 5.32. The lowest BCUT2D eigenvalue weighted by Crippen LogP contribution is -2.16. The lowest BCUT2D eigenvalue weighted by atomic mass is 9.89. The molecule has 1 aliphatic carbocycles. The van der Waals surface area contributed by atoms with Crippen molar-refractivity contribution in [1.29, 1.82) is 0 Å². The highest BCUT2D eigenvalue weighted by molar-refractivity contribution is 6.30. The molecule has 20 heavy (non-hydrogen) atoms. The first-order valence-corrected chi connectivity index (χ1v) is 6.88. The zero-order chi connectivity index (χ0) is 13.9. The average Bonchev–Trinajstić information content (AvgIpc) is 2.95. The van der Waals surface area contributed by atoms with E-state index in [1.165, 1.54) is 0 Å². The summed E-state index contributed by atoms with van der Waals surface area (Å²) in [6, 6.07) is 11.2. The number of carbonyl (C=O) groups excluding carboxylic acids is 1. The number of ketones is 1. The molecule has 0 aliphatic heterocycles. The third-order valence-corrected chi connectivity index (χ3v) is 3.60. The second-order valence-electron chi connectivity index (χ2n) is 4.89. The fourth-order valence-corrected chi connectivity index (χ4v) is 2.55. The molecule has 3 nitrogen and oxygen atoms in total. The van der Waals surface area contributed by atoms with E-state index in [1.807, 2.05) is 36.4 Å². The van der Waals surface area contributed by atoms with Crippen LogP contribution in [0.5, 0.6) is 0 Å². The minimum Gasteiger partial charge on any atom is -0.469 e. The Labute approximate surface area is 122 Å². The summed E-state index contributed by atoms with van der Waals surface area (Å²) in [5, 5.41) is 3.96. The highest BCUT2D eigenvalue weighted by Crippen LogP contribution is 2.32. The number of nitrogens with one attached hydrogen (secondary N) is 1. The number of anilines is 1. The predicted octanol–water partition coefficient (Wildman–Crippen LogP) is 4.38. The topological polar surface area (TPSA) is 42.2 Å². The molecule has 0 fully saturated rings. The maximum absolute atomic E-state index is 11.8. The van der Waals surface area contributed by atoms with Gasteiger partial charge in [-0.15, -0.1) is 0 Å². The summed E-state index contributed by atoms with van der Waals surface area (Å²) < 4.78 is 5.41. The van der Waals surface area contributed by atoms with Gasteiger partial charge in [0.05, 0.1) is 6.26 Å². The molecule has 0 radical (unpaired) electrons. The van der Waals surface area contributed by atoms with Crippen molar-refractivity contribution in [3.63, 3.8) is 0 Å². The number of halogens is 1. The molecule has 0 bridgehead atoms. The first-order valence-electron chi connectivity index (χ1n) is 6.50. The van der Waals surface area contributed by atoms with Gasteiger partial charge in [0.1, 0.15) is 5.76 Å². The summed E-state index contributed by atoms with van der Waals surface area (Å²) in [5.74, 6) is 1.09. The van der Waals surface area contributed by atoms with E-state index in [9.17, 15) is 4.79 Å². The Morgan fingerprint density at radius 2 is 1.95 bits per heavy atom. The average molecular weight is 288 g/mol. The summed E-state index contributed by atoms with van der Waals surface area (Å²) >= 11 is 5.86. The highest BCUT2D eigenvalue weighted by Gasteiger charge is 2.24. The van der Waals surface area contributed by atoms with Gasteiger partial charge in [-0.05, 0) is 42.8 Å². The smallest absolute Gasteiger partial charge is 0.158 e. The fourth-order valence-electron chi connectivity index (χ4n) is 2.42. The van der Waals surface area contributed by atoms with Crippen LogP contribution in [0, 0.1) is 0 Å². The normalized spacial score (nSPS) is 18.8. The Hall–Kier alpha value is -2.00. The molecule has 4 heteroatoms. The van der Waals surface area contributed by atoms with E-state index < -0.39 is 0 Å².